The predicted octanol–water partition coefficient (Wildman–Crippen LogP) is 4.13. The van der Waals surface area contributed by atoms with Crippen LogP contribution in [-0.4, -0.2) is 111 Å². The molecule has 0 spiro atoms. The van der Waals surface area contributed by atoms with E-state index in [-0.39, 0.29) is 18.3 Å². The fourth-order valence-corrected chi connectivity index (χ4v) is 6.29. The number of aromatic nitrogens is 1. The van der Waals surface area contributed by atoms with Crippen LogP contribution in [0.4, 0.5) is 24.5 Å². The highest BCUT2D eigenvalue weighted by molar-refractivity contribution is 7.82. The Hall–Kier alpha value is -3.32. The Balaban J connectivity index is 1.42. The molecule has 14 heteroatoms. The van der Waals surface area contributed by atoms with Gasteiger partial charge in [-0.15, -0.1) is 0 Å². The Labute approximate surface area is 277 Å². The summed E-state index contributed by atoms with van der Waals surface area (Å²) in [5.41, 5.74) is 7.58. The standard InChI is InChI=1S/C33H45F3N6O4S/c1-40-15-11-25(12-16-40)39-29-7-4-8-31-28(29)22-26(42(31)24-33(34,35)36)6-5-14-38-30-10-9-27(23-32(30)44-3)47(43)41(2)17-19-46-21-20-45-18-13-37/h4,7-10,22-23,25,38-39H,11-21,24,37H2,1-3H3. The smallest absolute Gasteiger partial charge is 0.406 e. The number of nitrogens with one attached hydrogen (secondary N) is 2. The van der Waals surface area contributed by atoms with Crippen molar-refractivity contribution in [2.45, 2.75) is 36.5 Å². The second kappa shape index (κ2) is 17.7. The number of hydrogen-bond donors (Lipinski definition) is 3. The van der Waals surface area contributed by atoms with Crippen LogP contribution in [0.15, 0.2) is 47.4 Å². The molecule has 1 aliphatic rings. The number of likely N-dealkylation sites (tertiary alicyclic amines) is 1. The molecular weight excluding hydrogens is 633 g/mol. The first-order valence-corrected chi connectivity index (χ1v) is 16.7. The molecule has 4 rings (SSSR count). The van der Waals surface area contributed by atoms with E-state index in [1.54, 1.807) is 47.8 Å². The zero-order valence-corrected chi connectivity index (χ0v) is 28.0. The molecule has 0 radical (unpaired) electrons. The van der Waals surface area contributed by atoms with Crippen molar-refractivity contribution >= 4 is 33.3 Å². The third-order valence-corrected chi connectivity index (χ3v) is 9.19. The van der Waals surface area contributed by atoms with E-state index in [4.69, 9.17) is 19.9 Å². The summed E-state index contributed by atoms with van der Waals surface area (Å²) in [4.78, 5) is 2.82. The van der Waals surface area contributed by atoms with Crippen LogP contribution >= 0.6 is 0 Å². The van der Waals surface area contributed by atoms with Crippen molar-refractivity contribution in [2.24, 2.45) is 5.73 Å². The van der Waals surface area contributed by atoms with Crippen molar-refractivity contribution in [2.75, 3.05) is 91.0 Å². The maximum Gasteiger partial charge on any atom is 0.406 e. The van der Waals surface area contributed by atoms with E-state index in [0.717, 1.165) is 31.6 Å². The van der Waals surface area contributed by atoms with Crippen LogP contribution in [0, 0.1) is 11.8 Å². The third-order valence-electron chi connectivity index (χ3n) is 7.79. The van der Waals surface area contributed by atoms with E-state index < -0.39 is 23.7 Å². The number of nitrogens with zero attached hydrogens (tertiary/aromatic N) is 3. The minimum absolute atomic E-state index is 0.152. The van der Waals surface area contributed by atoms with Gasteiger partial charge in [0.25, 0.3) is 0 Å². The summed E-state index contributed by atoms with van der Waals surface area (Å²) in [7, 11) is 3.89. The number of fused-ring (bicyclic) bond motifs is 1. The highest BCUT2D eigenvalue weighted by Gasteiger charge is 2.30. The SMILES string of the molecule is COc1cc(S(=O)N(C)CCOCCOCCN)ccc1NCC#Cc1cc2c(NC3CCN(C)CC3)cccc2n1CC(F)(F)F. The molecule has 1 aromatic heterocycles. The van der Waals surface area contributed by atoms with Crippen molar-refractivity contribution in [1.29, 1.82) is 0 Å². The summed E-state index contributed by atoms with van der Waals surface area (Å²) < 4.78 is 73.2. The lowest BCUT2D eigenvalue weighted by molar-refractivity contribution is -0.140. The monoisotopic (exact) mass is 678 g/mol. The number of alkyl halides is 3. The molecule has 2 heterocycles. The van der Waals surface area contributed by atoms with E-state index >= 15 is 0 Å². The molecule has 0 amide bonds. The van der Waals surface area contributed by atoms with E-state index in [9.17, 15) is 17.4 Å². The first-order chi connectivity index (χ1) is 22.6. The zero-order chi connectivity index (χ0) is 33.8. The van der Waals surface area contributed by atoms with Crippen molar-refractivity contribution in [3.63, 3.8) is 0 Å². The second-order valence-electron chi connectivity index (χ2n) is 11.3. The molecule has 3 aromatic rings. The number of ether oxygens (including phenoxy) is 3. The number of anilines is 2. The van der Waals surface area contributed by atoms with E-state index in [1.165, 1.54) is 11.7 Å². The van der Waals surface area contributed by atoms with Gasteiger partial charge < -0.3 is 40.0 Å². The fourth-order valence-electron chi connectivity index (χ4n) is 5.30. The first kappa shape index (κ1) is 36.5. The lowest BCUT2D eigenvalue weighted by Crippen LogP contribution is -2.36. The zero-order valence-electron chi connectivity index (χ0n) is 27.2. The fraction of sp³-hybridized carbons (Fsp3) is 0.515. The van der Waals surface area contributed by atoms with Gasteiger partial charge in [-0.25, -0.2) is 8.51 Å². The minimum atomic E-state index is -4.41. The second-order valence-corrected chi connectivity index (χ2v) is 12.9. The van der Waals surface area contributed by atoms with Crippen molar-refractivity contribution in [3.8, 4) is 17.6 Å². The minimum Gasteiger partial charge on any atom is -0.495 e. The molecule has 4 N–H and O–H groups in total. The van der Waals surface area contributed by atoms with E-state index in [2.05, 4.69) is 34.4 Å². The topological polar surface area (TPSA) is 106 Å². The Kier molecular flexibility index (Phi) is 13.8. The highest BCUT2D eigenvalue weighted by Crippen LogP contribution is 2.31. The summed E-state index contributed by atoms with van der Waals surface area (Å²) in [6.45, 7) is 3.62. The molecule has 1 saturated heterocycles. The molecule has 1 unspecified atom stereocenters. The molecule has 1 atom stereocenters. The molecule has 1 aliphatic heterocycles. The Morgan fingerprint density at radius 1 is 1.06 bits per heavy atom. The Bertz CT molecular complexity index is 1530. The number of likely N-dealkylation sites (N-methyl/N-ethyl adjacent to an activating group) is 1. The molecule has 0 aliphatic carbocycles. The van der Waals surface area contributed by atoms with Gasteiger partial charge in [-0.3, -0.25) is 0 Å². The average molecular weight is 679 g/mol. The van der Waals surface area contributed by atoms with Crippen LogP contribution in [0.1, 0.15) is 18.5 Å². The summed E-state index contributed by atoms with van der Waals surface area (Å²) >= 11 is 0. The summed E-state index contributed by atoms with van der Waals surface area (Å²) in [6, 6.07) is 12.5. The molecule has 1 fully saturated rings. The average Bonchev–Trinajstić information content (AvgIpc) is 3.39. The van der Waals surface area contributed by atoms with Gasteiger partial charge in [0, 0.05) is 37.3 Å². The van der Waals surface area contributed by atoms with Crippen molar-refractivity contribution < 1.29 is 31.6 Å². The van der Waals surface area contributed by atoms with Gasteiger partial charge in [0.05, 0.1) is 61.9 Å². The van der Waals surface area contributed by atoms with Gasteiger partial charge in [-0.2, -0.15) is 13.2 Å². The molecule has 0 bridgehead atoms. The normalized spacial score (nSPS) is 15.1. The molecule has 0 saturated carbocycles. The number of benzene rings is 2. The van der Waals surface area contributed by atoms with Crippen molar-refractivity contribution in [3.05, 3.63) is 48.2 Å². The number of halogens is 3. The van der Waals surface area contributed by atoms with Crippen LogP contribution in [0.25, 0.3) is 10.9 Å². The third kappa shape index (κ3) is 10.9. The first-order valence-electron chi connectivity index (χ1n) is 15.6. The number of rotatable bonds is 16. The predicted molar refractivity (Wildman–Crippen MR) is 180 cm³/mol. The molecule has 2 aromatic carbocycles. The lowest BCUT2D eigenvalue weighted by atomic mass is 10.0. The number of methoxy groups -OCH3 is 1. The van der Waals surface area contributed by atoms with Crippen molar-refractivity contribution in [1.82, 2.24) is 13.8 Å². The van der Waals surface area contributed by atoms with Gasteiger partial charge in [0.1, 0.15) is 23.3 Å². The highest BCUT2D eigenvalue weighted by atomic mass is 32.2. The Morgan fingerprint density at radius 3 is 2.51 bits per heavy atom. The number of hydrogen-bond acceptors (Lipinski definition) is 8. The van der Waals surface area contributed by atoms with Crippen LogP contribution < -0.4 is 21.1 Å². The van der Waals surface area contributed by atoms with E-state index in [0.29, 0.717) is 66.8 Å². The molecule has 47 heavy (non-hydrogen) atoms. The molecule has 10 nitrogen and oxygen atoms in total. The summed E-state index contributed by atoms with van der Waals surface area (Å²) in [6.07, 6.45) is -2.48. The lowest BCUT2D eigenvalue weighted by Gasteiger charge is -2.30. The largest absolute Gasteiger partial charge is 0.495 e. The quantitative estimate of drug-likeness (QED) is 0.154. The summed E-state index contributed by atoms with van der Waals surface area (Å²) in [5, 5.41) is 7.43. The van der Waals surface area contributed by atoms with Gasteiger partial charge in [0.2, 0.25) is 0 Å². The number of nitrogens with two attached hydrogens (primary N) is 1. The van der Waals surface area contributed by atoms with Crippen LogP contribution in [0.2, 0.25) is 0 Å². The Morgan fingerprint density at radius 2 is 1.81 bits per heavy atom. The van der Waals surface area contributed by atoms with Crippen LogP contribution in [0.5, 0.6) is 5.75 Å². The molecular formula is C33H45F3N6O4S. The molecule has 258 valence electrons. The van der Waals surface area contributed by atoms with Gasteiger partial charge >= 0.3 is 6.18 Å². The van der Waals surface area contributed by atoms with Gasteiger partial charge in [-0.1, -0.05) is 12.0 Å². The van der Waals surface area contributed by atoms with Crippen LogP contribution in [0.3, 0.4) is 0 Å². The summed E-state index contributed by atoms with van der Waals surface area (Å²) in [5.74, 6) is 6.38. The van der Waals surface area contributed by atoms with Gasteiger partial charge in [-0.05, 0) is 75.3 Å². The van der Waals surface area contributed by atoms with Gasteiger partial charge in [0.15, 0.2) is 0 Å². The van der Waals surface area contributed by atoms with Crippen LogP contribution in [-0.2, 0) is 27.0 Å². The number of piperidine rings is 1. The maximum atomic E-state index is 13.6. The van der Waals surface area contributed by atoms with E-state index in [1.807, 2.05) is 6.07 Å². The maximum absolute atomic E-state index is 13.6.